The maximum atomic E-state index is 12.4. The zero-order valence-electron chi connectivity index (χ0n) is 15.1. The maximum Gasteiger partial charge on any atom is 0.241 e. The van der Waals surface area contributed by atoms with Crippen LogP contribution in [0.4, 0.5) is 11.4 Å². The van der Waals surface area contributed by atoms with E-state index in [2.05, 4.69) is 29.8 Å². The van der Waals surface area contributed by atoms with Gasteiger partial charge in [0.05, 0.1) is 6.04 Å². The molecule has 2 rings (SSSR count). The molecular weight excluding hydrogens is 302 g/mol. The Kier molecular flexibility index (Phi) is 6.37. The molecule has 132 valence electrons. The molecule has 1 aliphatic carbocycles. The molecule has 0 saturated heterocycles. The highest BCUT2D eigenvalue weighted by atomic mass is 16.2. The lowest BCUT2D eigenvalue weighted by atomic mass is 9.78. The van der Waals surface area contributed by atoms with Gasteiger partial charge in [0.15, 0.2) is 0 Å². The van der Waals surface area contributed by atoms with Crippen molar-refractivity contribution < 1.29 is 9.59 Å². The van der Waals surface area contributed by atoms with E-state index in [-0.39, 0.29) is 17.9 Å². The largest absolute Gasteiger partial charge is 0.326 e. The SMILES string of the molecule is CC(=O)Nc1ccc(NC(=O)[C@H](C)N[C@@H]2CCC[C@@H](C)[C@H]2C)cc1. The van der Waals surface area contributed by atoms with Crippen LogP contribution < -0.4 is 16.0 Å². The predicted octanol–water partition coefficient (Wildman–Crippen LogP) is 3.39. The number of nitrogens with one attached hydrogen (secondary N) is 3. The average molecular weight is 331 g/mol. The molecule has 0 aliphatic heterocycles. The minimum atomic E-state index is -0.238. The Labute approximate surface area is 144 Å². The highest BCUT2D eigenvalue weighted by Crippen LogP contribution is 2.29. The smallest absolute Gasteiger partial charge is 0.241 e. The van der Waals surface area contributed by atoms with E-state index in [0.717, 1.165) is 17.8 Å². The lowest BCUT2D eigenvalue weighted by Crippen LogP contribution is -2.49. The van der Waals surface area contributed by atoms with Gasteiger partial charge in [-0.3, -0.25) is 9.59 Å². The Morgan fingerprint density at radius 2 is 1.62 bits per heavy atom. The van der Waals surface area contributed by atoms with Gasteiger partial charge >= 0.3 is 0 Å². The molecule has 0 bridgehead atoms. The van der Waals surface area contributed by atoms with Gasteiger partial charge in [-0.05, 0) is 49.4 Å². The zero-order chi connectivity index (χ0) is 17.7. The van der Waals surface area contributed by atoms with Crippen molar-refractivity contribution >= 4 is 23.2 Å². The minimum absolute atomic E-state index is 0.0345. The maximum absolute atomic E-state index is 12.4. The Morgan fingerprint density at radius 1 is 1.04 bits per heavy atom. The van der Waals surface area contributed by atoms with Gasteiger partial charge < -0.3 is 16.0 Å². The number of benzene rings is 1. The third-order valence-electron chi connectivity index (χ3n) is 5.04. The minimum Gasteiger partial charge on any atom is -0.326 e. The molecule has 1 saturated carbocycles. The van der Waals surface area contributed by atoms with E-state index in [9.17, 15) is 9.59 Å². The Bertz CT molecular complexity index is 570. The van der Waals surface area contributed by atoms with Gasteiger partial charge in [0.25, 0.3) is 0 Å². The van der Waals surface area contributed by atoms with E-state index in [1.807, 2.05) is 6.92 Å². The quantitative estimate of drug-likeness (QED) is 0.774. The molecule has 1 fully saturated rings. The first kappa shape index (κ1) is 18.5. The second-order valence-corrected chi connectivity index (χ2v) is 7.01. The fourth-order valence-corrected chi connectivity index (χ4v) is 3.30. The third kappa shape index (κ3) is 5.06. The van der Waals surface area contributed by atoms with Crippen molar-refractivity contribution in [2.24, 2.45) is 11.8 Å². The van der Waals surface area contributed by atoms with Crippen LogP contribution in [-0.2, 0) is 9.59 Å². The summed E-state index contributed by atoms with van der Waals surface area (Å²) in [5.41, 5.74) is 1.45. The standard InChI is InChI=1S/C19H29N3O2/c1-12-6-5-7-18(13(12)2)20-14(3)19(24)22-17-10-8-16(9-11-17)21-15(4)23/h8-14,18,20H,5-7H2,1-4H3,(H,21,23)(H,22,24)/t12-,13-,14+,18-/m1/s1. The normalized spacial score (nSPS) is 24.9. The van der Waals surface area contributed by atoms with Crippen molar-refractivity contribution in [2.75, 3.05) is 10.6 Å². The molecule has 1 aliphatic rings. The van der Waals surface area contributed by atoms with Crippen LogP contribution in [0.25, 0.3) is 0 Å². The lowest BCUT2D eigenvalue weighted by Gasteiger charge is -2.36. The Balaban J connectivity index is 1.88. The second kappa shape index (κ2) is 8.29. The van der Waals surface area contributed by atoms with Crippen LogP contribution in [0.2, 0.25) is 0 Å². The first-order chi connectivity index (χ1) is 11.4. The first-order valence-corrected chi connectivity index (χ1v) is 8.81. The Morgan fingerprint density at radius 3 is 2.21 bits per heavy atom. The van der Waals surface area contributed by atoms with E-state index in [4.69, 9.17) is 0 Å². The summed E-state index contributed by atoms with van der Waals surface area (Å²) in [6.07, 6.45) is 3.64. The third-order valence-corrected chi connectivity index (χ3v) is 5.04. The van der Waals surface area contributed by atoms with Crippen LogP contribution in [-0.4, -0.2) is 23.9 Å². The van der Waals surface area contributed by atoms with Crippen molar-refractivity contribution in [3.8, 4) is 0 Å². The molecule has 5 nitrogen and oxygen atoms in total. The molecule has 0 unspecified atom stereocenters. The van der Waals surface area contributed by atoms with Crippen LogP contribution in [0.3, 0.4) is 0 Å². The average Bonchev–Trinajstić information content (AvgIpc) is 2.53. The summed E-state index contributed by atoms with van der Waals surface area (Å²) < 4.78 is 0. The number of carbonyl (C=O) groups excluding carboxylic acids is 2. The van der Waals surface area contributed by atoms with Crippen molar-refractivity contribution in [1.82, 2.24) is 5.32 Å². The molecule has 2 amide bonds. The fraction of sp³-hybridized carbons (Fsp3) is 0.579. The summed E-state index contributed by atoms with van der Waals surface area (Å²) in [6.45, 7) is 7.94. The van der Waals surface area contributed by atoms with Crippen LogP contribution in [0.5, 0.6) is 0 Å². The van der Waals surface area contributed by atoms with Crippen molar-refractivity contribution in [1.29, 1.82) is 0 Å². The van der Waals surface area contributed by atoms with E-state index in [0.29, 0.717) is 17.9 Å². The zero-order valence-corrected chi connectivity index (χ0v) is 15.1. The number of hydrogen-bond acceptors (Lipinski definition) is 3. The molecule has 0 heterocycles. The van der Waals surface area contributed by atoms with Gasteiger partial charge in [-0.25, -0.2) is 0 Å². The van der Waals surface area contributed by atoms with Gasteiger partial charge in [-0.2, -0.15) is 0 Å². The second-order valence-electron chi connectivity index (χ2n) is 7.01. The molecule has 5 heteroatoms. The van der Waals surface area contributed by atoms with Crippen LogP contribution in [0.15, 0.2) is 24.3 Å². The van der Waals surface area contributed by atoms with Gasteiger partial charge in [0, 0.05) is 24.3 Å². The summed E-state index contributed by atoms with van der Waals surface area (Å²) in [5, 5.41) is 9.12. The molecule has 0 aromatic heterocycles. The number of amides is 2. The summed E-state index contributed by atoms with van der Waals surface area (Å²) in [7, 11) is 0. The molecular formula is C19H29N3O2. The summed E-state index contributed by atoms with van der Waals surface area (Å²) >= 11 is 0. The van der Waals surface area contributed by atoms with Gasteiger partial charge in [-0.1, -0.05) is 26.7 Å². The topological polar surface area (TPSA) is 70.2 Å². The molecule has 3 N–H and O–H groups in total. The molecule has 0 radical (unpaired) electrons. The first-order valence-electron chi connectivity index (χ1n) is 8.81. The van der Waals surface area contributed by atoms with Crippen LogP contribution in [0.1, 0.15) is 47.0 Å². The van der Waals surface area contributed by atoms with E-state index in [1.165, 1.54) is 19.8 Å². The van der Waals surface area contributed by atoms with Crippen molar-refractivity contribution in [3.63, 3.8) is 0 Å². The molecule has 24 heavy (non-hydrogen) atoms. The van der Waals surface area contributed by atoms with Gasteiger partial charge in [0.2, 0.25) is 11.8 Å². The summed E-state index contributed by atoms with van der Waals surface area (Å²) in [4.78, 5) is 23.4. The highest BCUT2D eigenvalue weighted by Gasteiger charge is 2.29. The summed E-state index contributed by atoms with van der Waals surface area (Å²) in [6, 6.07) is 7.30. The predicted molar refractivity (Wildman–Crippen MR) is 97.9 cm³/mol. The molecule has 1 aromatic carbocycles. The molecule has 1 aromatic rings. The number of anilines is 2. The number of hydrogen-bond donors (Lipinski definition) is 3. The summed E-state index contributed by atoms with van der Waals surface area (Å²) in [5.74, 6) is 1.15. The van der Waals surface area contributed by atoms with Crippen LogP contribution >= 0.6 is 0 Å². The van der Waals surface area contributed by atoms with E-state index in [1.54, 1.807) is 24.3 Å². The number of carbonyl (C=O) groups is 2. The molecule has 4 atom stereocenters. The van der Waals surface area contributed by atoms with Crippen LogP contribution in [0, 0.1) is 11.8 Å². The Hall–Kier alpha value is -1.88. The van der Waals surface area contributed by atoms with E-state index < -0.39 is 0 Å². The van der Waals surface area contributed by atoms with Gasteiger partial charge in [0.1, 0.15) is 0 Å². The van der Waals surface area contributed by atoms with Crippen molar-refractivity contribution in [3.05, 3.63) is 24.3 Å². The molecule has 0 spiro atoms. The van der Waals surface area contributed by atoms with Gasteiger partial charge in [-0.15, -0.1) is 0 Å². The monoisotopic (exact) mass is 331 g/mol. The van der Waals surface area contributed by atoms with E-state index >= 15 is 0 Å². The van der Waals surface area contributed by atoms with Crippen molar-refractivity contribution in [2.45, 2.75) is 59.0 Å². The lowest BCUT2D eigenvalue weighted by molar-refractivity contribution is -0.118. The number of rotatable bonds is 5. The highest BCUT2D eigenvalue weighted by molar-refractivity contribution is 5.95. The fourth-order valence-electron chi connectivity index (χ4n) is 3.30.